The first-order chi connectivity index (χ1) is 19.5. The number of nitrogens with one attached hydrogen (secondary N) is 1. The van der Waals surface area contributed by atoms with Gasteiger partial charge in [0, 0.05) is 13.1 Å². The average Bonchev–Trinajstić information content (AvgIpc) is 2.97. The number of rotatable bonds is 14. The smallest absolute Gasteiger partial charge is 0.264 e. The minimum atomic E-state index is -4.07. The minimum absolute atomic E-state index is 0.0956. The highest BCUT2D eigenvalue weighted by Crippen LogP contribution is 2.26. The minimum Gasteiger partial charge on any atom is -0.354 e. The highest BCUT2D eigenvalue weighted by Gasteiger charge is 2.33. The third kappa shape index (κ3) is 8.67. The van der Waals surface area contributed by atoms with Crippen LogP contribution in [0.5, 0.6) is 0 Å². The zero-order valence-corrected chi connectivity index (χ0v) is 25.6. The molecular formula is C33H43N3O4S. The van der Waals surface area contributed by atoms with E-state index >= 15 is 0 Å². The van der Waals surface area contributed by atoms with Crippen LogP contribution in [0.3, 0.4) is 0 Å². The van der Waals surface area contributed by atoms with Gasteiger partial charge in [-0.3, -0.25) is 13.9 Å². The van der Waals surface area contributed by atoms with Crippen LogP contribution in [0, 0.1) is 5.92 Å². The molecule has 3 aromatic carbocycles. The first-order valence-electron chi connectivity index (χ1n) is 14.3. The van der Waals surface area contributed by atoms with E-state index in [4.69, 9.17) is 0 Å². The molecule has 0 aliphatic heterocycles. The second kappa shape index (κ2) is 14.8. The molecule has 0 bridgehead atoms. The SMILES string of the molecule is CC[C@H](C(=O)NCC(C)C)N(CCc1ccccc1)C(=O)CN(c1ccc(C(C)C)cc1)S(=O)(=O)c1ccccc1. The molecule has 7 nitrogen and oxygen atoms in total. The Morgan fingerprint density at radius 3 is 1.95 bits per heavy atom. The summed E-state index contributed by atoms with van der Waals surface area (Å²) in [5, 5.41) is 2.96. The lowest BCUT2D eigenvalue weighted by atomic mass is 10.0. The van der Waals surface area contributed by atoms with Gasteiger partial charge in [0.1, 0.15) is 12.6 Å². The molecule has 3 rings (SSSR count). The Morgan fingerprint density at radius 1 is 0.829 bits per heavy atom. The Bertz CT molecular complexity index is 1360. The number of hydrogen-bond donors (Lipinski definition) is 1. The van der Waals surface area contributed by atoms with Gasteiger partial charge in [-0.05, 0) is 60.1 Å². The van der Waals surface area contributed by atoms with E-state index in [0.29, 0.717) is 25.1 Å². The molecule has 1 N–H and O–H groups in total. The van der Waals surface area contributed by atoms with Crippen molar-refractivity contribution in [3.8, 4) is 0 Å². The predicted octanol–water partition coefficient (Wildman–Crippen LogP) is 5.63. The Labute approximate surface area is 245 Å². The van der Waals surface area contributed by atoms with Crippen molar-refractivity contribution in [1.82, 2.24) is 10.2 Å². The van der Waals surface area contributed by atoms with Gasteiger partial charge in [0.2, 0.25) is 11.8 Å². The van der Waals surface area contributed by atoms with Gasteiger partial charge in [-0.15, -0.1) is 0 Å². The summed E-state index contributed by atoms with van der Waals surface area (Å²) in [5.74, 6) is -0.139. The molecule has 0 heterocycles. The molecule has 3 aromatic rings. The number of amides is 2. The Balaban J connectivity index is 2.00. The molecule has 0 aliphatic rings. The summed E-state index contributed by atoms with van der Waals surface area (Å²) in [6.45, 7) is 10.4. The zero-order valence-electron chi connectivity index (χ0n) is 24.8. The Kier molecular flexibility index (Phi) is 11.5. The number of carbonyl (C=O) groups is 2. The van der Waals surface area contributed by atoms with Crippen LogP contribution < -0.4 is 9.62 Å². The van der Waals surface area contributed by atoms with Crippen molar-refractivity contribution in [2.45, 2.75) is 64.3 Å². The van der Waals surface area contributed by atoms with Crippen LogP contribution in [-0.2, 0) is 26.0 Å². The van der Waals surface area contributed by atoms with Crippen molar-refractivity contribution < 1.29 is 18.0 Å². The number of sulfonamides is 1. The molecule has 0 radical (unpaired) electrons. The summed E-state index contributed by atoms with van der Waals surface area (Å²) in [7, 11) is -4.07. The highest BCUT2D eigenvalue weighted by molar-refractivity contribution is 7.92. The van der Waals surface area contributed by atoms with E-state index in [1.807, 2.05) is 63.2 Å². The quantitative estimate of drug-likeness (QED) is 0.269. The molecule has 0 fully saturated rings. The molecule has 41 heavy (non-hydrogen) atoms. The van der Waals surface area contributed by atoms with Crippen molar-refractivity contribution in [3.63, 3.8) is 0 Å². The van der Waals surface area contributed by atoms with Crippen LogP contribution in [0.1, 0.15) is 58.1 Å². The molecule has 0 aliphatic carbocycles. The molecule has 220 valence electrons. The lowest BCUT2D eigenvalue weighted by Gasteiger charge is -2.33. The largest absolute Gasteiger partial charge is 0.354 e. The number of anilines is 1. The first kappa shape index (κ1) is 31.9. The highest BCUT2D eigenvalue weighted by atomic mass is 32.2. The second-order valence-corrected chi connectivity index (χ2v) is 12.8. The normalized spacial score (nSPS) is 12.3. The van der Waals surface area contributed by atoms with Crippen LogP contribution in [0.25, 0.3) is 0 Å². The van der Waals surface area contributed by atoms with E-state index in [2.05, 4.69) is 19.2 Å². The van der Waals surface area contributed by atoms with Crippen LogP contribution in [0.2, 0.25) is 0 Å². The van der Waals surface area contributed by atoms with Gasteiger partial charge in [-0.1, -0.05) is 95.3 Å². The monoisotopic (exact) mass is 577 g/mol. The van der Waals surface area contributed by atoms with E-state index < -0.39 is 28.5 Å². The molecule has 0 saturated heterocycles. The summed E-state index contributed by atoms with van der Waals surface area (Å²) in [5.41, 5.74) is 2.49. The molecule has 0 spiro atoms. The fraction of sp³-hybridized carbons (Fsp3) is 0.394. The summed E-state index contributed by atoms with van der Waals surface area (Å²) < 4.78 is 29.0. The van der Waals surface area contributed by atoms with Crippen LogP contribution in [-0.4, -0.2) is 50.8 Å². The van der Waals surface area contributed by atoms with Gasteiger partial charge >= 0.3 is 0 Å². The molecule has 8 heteroatoms. The summed E-state index contributed by atoms with van der Waals surface area (Å²) in [6.07, 6.45) is 0.939. The second-order valence-electron chi connectivity index (χ2n) is 11.0. The Hall–Kier alpha value is -3.65. The average molecular weight is 578 g/mol. The third-order valence-electron chi connectivity index (χ3n) is 7.01. The number of benzene rings is 3. The molecule has 0 unspecified atom stereocenters. The van der Waals surface area contributed by atoms with Gasteiger partial charge in [0.05, 0.1) is 10.6 Å². The molecule has 0 aromatic heterocycles. The lowest BCUT2D eigenvalue weighted by molar-refractivity contribution is -0.139. The standard InChI is InChI=1S/C33H43N3O4S/c1-6-31(33(38)34-23-25(2)3)35(22-21-27-13-9-7-10-14-27)32(37)24-36(29-19-17-28(18-20-29)26(4)5)41(39,40)30-15-11-8-12-16-30/h7-20,25-26,31H,6,21-24H2,1-5H3,(H,34,38)/t31-/m1/s1. The van der Waals surface area contributed by atoms with Crippen molar-refractivity contribution in [1.29, 1.82) is 0 Å². The maximum atomic E-state index is 14.1. The predicted molar refractivity (Wildman–Crippen MR) is 165 cm³/mol. The van der Waals surface area contributed by atoms with E-state index in [1.54, 1.807) is 35.2 Å². The lowest BCUT2D eigenvalue weighted by Crippen LogP contribution is -2.53. The molecule has 0 saturated carbocycles. The van der Waals surface area contributed by atoms with Crippen LogP contribution in [0.4, 0.5) is 5.69 Å². The van der Waals surface area contributed by atoms with Crippen LogP contribution in [0.15, 0.2) is 89.8 Å². The van der Waals surface area contributed by atoms with Crippen LogP contribution >= 0.6 is 0 Å². The van der Waals surface area contributed by atoms with Gasteiger partial charge in [0.25, 0.3) is 10.0 Å². The maximum Gasteiger partial charge on any atom is 0.264 e. The van der Waals surface area contributed by atoms with Crippen molar-refractivity contribution in [3.05, 3.63) is 96.1 Å². The van der Waals surface area contributed by atoms with Crippen molar-refractivity contribution in [2.75, 3.05) is 23.9 Å². The summed E-state index contributed by atoms with van der Waals surface area (Å²) >= 11 is 0. The summed E-state index contributed by atoms with van der Waals surface area (Å²) in [4.78, 5) is 29.0. The number of carbonyl (C=O) groups excluding carboxylic acids is 2. The van der Waals surface area contributed by atoms with Gasteiger partial charge in [-0.2, -0.15) is 0 Å². The third-order valence-corrected chi connectivity index (χ3v) is 8.80. The van der Waals surface area contributed by atoms with E-state index in [0.717, 1.165) is 15.4 Å². The van der Waals surface area contributed by atoms with Crippen molar-refractivity contribution >= 4 is 27.5 Å². The fourth-order valence-electron chi connectivity index (χ4n) is 4.59. The zero-order chi connectivity index (χ0) is 30.0. The summed E-state index contributed by atoms with van der Waals surface area (Å²) in [6, 6.07) is 24.4. The van der Waals surface area contributed by atoms with E-state index in [1.165, 1.54) is 12.1 Å². The number of nitrogens with zero attached hydrogens (tertiary/aromatic N) is 2. The van der Waals surface area contributed by atoms with Crippen molar-refractivity contribution in [2.24, 2.45) is 5.92 Å². The van der Waals surface area contributed by atoms with E-state index in [9.17, 15) is 18.0 Å². The first-order valence-corrected chi connectivity index (χ1v) is 15.8. The topological polar surface area (TPSA) is 86.8 Å². The van der Waals surface area contributed by atoms with Gasteiger partial charge in [0.15, 0.2) is 0 Å². The molecule has 2 amide bonds. The molecular weight excluding hydrogens is 534 g/mol. The van der Waals surface area contributed by atoms with Gasteiger partial charge in [-0.25, -0.2) is 8.42 Å². The molecule has 1 atom stereocenters. The Morgan fingerprint density at radius 2 is 1.41 bits per heavy atom. The van der Waals surface area contributed by atoms with E-state index in [-0.39, 0.29) is 29.2 Å². The van der Waals surface area contributed by atoms with Gasteiger partial charge < -0.3 is 10.2 Å². The fourth-order valence-corrected chi connectivity index (χ4v) is 6.03. The maximum absolute atomic E-state index is 14.1. The number of hydrogen-bond acceptors (Lipinski definition) is 4.